The van der Waals surface area contributed by atoms with E-state index in [-0.39, 0.29) is 12.6 Å². The van der Waals surface area contributed by atoms with Gasteiger partial charge in [0.25, 0.3) is 0 Å². The minimum absolute atomic E-state index is 0.103. The Morgan fingerprint density at radius 1 is 0.879 bits per heavy atom. The van der Waals surface area contributed by atoms with Crippen LogP contribution in [0.1, 0.15) is 23.4 Å². The fraction of sp³-hybridized carbons (Fsp3) is 0.200. The van der Waals surface area contributed by atoms with Crippen LogP contribution in [0.15, 0.2) is 72.1 Å². The lowest BCUT2D eigenvalue weighted by atomic mass is 10.0. The Hall–Kier alpha value is -3.78. The molecule has 0 radical (unpaired) electrons. The maximum absolute atomic E-state index is 12.6. The zero-order chi connectivity index (χ0) is 23.4. The number of hydrogen-bond acceptors (Lipinski definition) is 5. The van der Waals surface area contributed by atoms with E-state index in [1.165, 1.54) is 11.3 Å². The highest BCUT2D eigenvalue weighted by atomic mass is 32.1. The van der Waals surface area contributed by atoms with Crippen molar-refractivity contribution in [3.05, 3.63) is 82.6 Å². The van der Waals surface area contributed by atoms with Gasteiger partial charge >= 0.3 is 17.8 Å². The number of imide groups is 2. The molecule has 33 heavy (non-hydrogen) atoms. The second-order valence-corrected chi connectivity index (χ2v) is 8.77. The van der Waals surface area contributed by atoms with E-state index in [4.69, 9.17) is 0 Å². The van der Waals surface area contributed by atoms with Crippen LogP contribution in [-0.2, 0) is 20.8 Å². The van der Waals surface area contributed by atoms with Crippen molar-refractivity contribution in [1.29, 1.82) is 0 Å². The number of amides is 5. The Morgan fingerprint density at radius 2 is 1.55 bits per heavy atom. The molecule has 1 saturated heterocycles. The Morgan fingerprint density at radius 3 is 2.21 bits per heavy atom. The predicted octanol–water partition coefficient (Wildman–Crippen LogP) is 3.63. The molecular weight excluding hydrogens is 438 g/mol. The highest BCUT2D eigenvalue weighted by Crippen LogP contribution is 2.22. The van der Waals surface area contributed by atoms with Crippen LogP contribution in [0.4, 0.5) is 4.79 Å². The van der Waals surface area contributed by atoms with Gasteiger partial charge in [-0.25, -0.2) is 9.69 Å². The molecule has 0 spiro atoms. The maximum Gasteiger partial charge on any atom is 0.334 e. The van der Waals surface area contributed by atoms with Gasteiger partial charge in [-0.3, -0.25) is 19.3 Å². The zero-order valence-electron chi connectivity index (χ0n) is 18.1. The number of rotatable bonds is 8. The number of hydrogen-bond donors (Lipinski definition) is 1. The molecule has 1 aliphatic rings. The fourth-order valence-electron chi connectivity index (χ4n) is 3.67. The minimum atomic E-state index is -0.971. The lowest BCUT2D eigenvalue weighted by molar-refractivity contribution is -0.144. The smallest absolute Gasteiger partial charge is 0.334 e. The van der Waals surface area contributed by atoms with Crippen LogP contribution >= 0.6 is 11.3 Å². The highest BCUT2D eigenvalue weighted by Gasteiger charge is 2.44. The molecule has 4 rings (SSSR count). The van der Waals surface area contributed by atoms with Crippen molar-refractivity contribution < 1.29 is 19.2 Å². The first-order valence-corrected chi connectivity index (χ1v) is 11.5. The number of nitrogens with one attached hydrogen (secondary N) is 1. The van der Waals surface area contributed by atoms with Crippen LogP contribution in [0.25, 0.3) is 11.1 Å². The zero-order valence-corrected chi connectivity index (χ0v) is 18.9. The molecule has 168 valence electrons. The van der Waals surface area contributed by atoms with Crippen molar-refractivity contribution in [1.82, 2.24) is 15.1 Å². The van der Waals surface area contributed by atoms with Gasteiger partial charge in [-0.2, -0.15) is 0 Å². The molecule has 0 saturated carbocycles. The molecule has 1 unspecified atom stereocenters. The molecule has 1 aromatic heterocycles. The number of carbonyl (C=O) groups is 4. The van der Waals surface area contributed by atoms with Gasteiger partial charge in [0.05, 0.1) is 6.04 Å². The van der Waals surface area contributed by atoms with Gasteiger partial charge in [-0.05, 0) is 35.1 Å². The highest BCUT2D eigenvalue weighted by molar-refractivity contribution is 7.09. The number of nitrogens with zero attached hydrogens (tertiary/aromatic N) is 2. The first-order chi connectivity index (χ1) is 15.9. The van der Waals surface area contributed by atoms with Crippen molar-refractivity contribution >= 4 is 35.1 Å². The van der Waals surface area contributed by atoms with Gasteiger partial charge in [-0.15, -0.1) is 11.3 Å². The van der Waals surface area contributed by atoms with E-state index in [0.717, 1.165) is 26.5 Å². The van der Waals surface area contributed by atoms with Gasteiger partial charge in [-0.1, -0.05) is 60.7 Å². The third-order valence-corrected chi connectivity index (χ3v) is 6.43. The van der Waals surface area contributed by atoms with Crippen LogP contribution in [0, 0.1) is 0 Å². The second kappa shape index (κ2) is 9.79. The fourth-order valence-corrected chi connectivity index (χ4v) is 4.37. The van der Waals surface area contributed by atoms with E-state index in [0.29, 0.717) is 11.3 Å². The first-order valence-electron chi connectivity index (χ1n) is 10.6. The molecule has 2 heterocycles. The lowest BCUT2D eigenvalue weighted by Gasteiger charge is -2.18. The SMILES string of the molecule is CC(NC(=O)CN1C(=O)C(=O)N(CCc2cccs2)C1=O)c1ccc(-c2ccccc2)cc1. The Bertz CT molecular complexity index is 1160. The minimum Gasteiger partial charge on any atom is -0.348 e. The number of carbonyl (C=O) groups excluding carboxylic acids is 4. The van der Waals surface area contributed by atoms with Crippen LogP contribution in [-0.4, -0.2) is 46.6 Å². The van der Waals surface area contributed by atoms with Crippen molar-refractivity contribution in [2.24, 2.45) is 0 Å². The summed E-state index contributed by atoms with van der Waals surface area (Å²) in [4.78, 5) is 52.3. The van der Waals surface area contributed by atoms with Crippen molar-refractivity contribution in [2.75, 3.05) is 13.1 Å². The lowest BCUT2D eigenvalue weighted by Crippen LogP contribution is -2.42. The van der Waals surface area contributed by atoms with Gasteiger partial charge in [0.15, 0.2) is 0 Å². The molecule has 5 amide bonds. The molecule has 0 aliphatic carbocycles. The van der Waals surface area contributed by atoms with Crippen molar-refractivity contribution in [3.8, 4) is 11.1 Å². The standard InChI is InChI=1S/C25H23N3O4S/c1-17(18-9-11-20(12-10-18)19-6-3-2-4-7-19)26-22(29)16-28-24(31)23(30)27(25(28)32)14-13-21-8-5-15-33-21/h2-12,15,17H,13-14,16H2,1H3,(H,26,29). The van der Waals surface area contributed by atoms with E-state index in [9.17, 15) is 19.2 Å². The van der Waals surface area contributed by atoms with E-state index in [2.05, 4.69) is 5.32 Å². The first kappa shape index (κ1) is 22.4. The molecule has 0 bridgehead atoms. The summed E-state index contributed by atoms with van der Waals surface area (Å²) in [5.41, 5.74) is 3.04. The summed E-state index contributed by atoms with van der Waals surface area (Å²) in [6, 6.07) is 20.5. The average molecular weight is 462 g/mol. The summed E-state index contributed by atoms with van der Waals surface area (Å²) in [5, 5.41) is 4.70. The maximum atomic E-state index is 12.6. The molecule has 1 atom stereocenters. The topological polar surface area (TPSA) is 86.8 Å². The summed E-state index contributed by atoms with van der Waals surface area (Å²) in [6.45, 7) is 1.43. The molecule has 2 aromatic carbocycles. The summed E-state index contributed by atoms with van der Waals surface area (Å²) in [6.07, 6.45) is 0.471. The number of urea groups is 1. The van der Waals surface area contributed by atoms with E-state index < -0.39 is 30.3 Å². The normalized spacial score (nSPS) is 14.6. The second-order valence-electron chi connectivity index (χ2n) is 7.74. The predicted molar refractivity (Wildman–Crippen MR) is 125 cm³/mol. The summed E-state index contributed by atoms with van der Waals surface area (Å²) >= 11 is 1.51. The Balaban J connectivity index is 1.34. The summed E-state index contributed by atoms with van der Waals surface area (Å²) < 4.78 is 0. The number of benzene rings is 2. The third kappa shape index (κ3) is 5.01. The Labute approximate surface area is 195 Å². The van der Waals surface area contributed by atoms with Crippen LogP contribution < -0.4 is 5.32 Å². The van der Waals surface area contributed by atoms with Crippen LogP contribution in [0.5, 0.6) is 0 Å². The number of thiophene rings is 1. The molecule has 1 fully saturated rings. The van der Waals surface area contributed by atoms with Gasteiger partial charge < -0.3 is 5.32 Å². The van der Waals surface area contributed by atoms with Crippen molar-refractivity contribution in [2.45, 2.75) is 19.4 Å². The van der Waals surface area contributed by atoms with Crippen molar-refractivity contribution in [3.63, 3.8) is 0 Å². The molecule has 7 nitrogen and oxygen atoms in total. The quantitative estimate of drug-likeness (QED) is 0.410. The van der Waals surface area contributed by atoms with Crippen LogP contribution in [0.3, 0.4) is 0 Å². The van der Waals surface area contributed by atoms with Gasteiger partial charge in [0.2, 0.25) is 5.91 Å². The molecule has 8 heteroatoms. The summed E-state index contributed by atoms with van der Waals surface area (Å²) in [7, 11) is 0. The van der Waals surface area contributed by atoms with Gasteiger partial charge in [0.1, 0.15) is 6.54 Å². The van der Waals surface area contributed by atoms with Gasteiger partial charge in [0, 0.05) is 17.8 Å². The summed E-state index contributed by atoms with van der Waals surface area (Å²) in [5.74, 6) is -2.38. The van der Waals surface area contributed by atoms with Crippen LogP contribution in [0.2, 0.25) is 0 Å². The largest absolute Gasteiger partial charge is 0.348 e. The van der Waals surface area contributed by atoms with E-state index in [1.807, 2.05) is 79.0 Å². The van der Waals surface area contributed by atoms with E-state index in [1.54, 1.807) is 0 Å². The average Bonchev–Trinajstić information content (AvgIpc) is 3.42. The third-order valence-electron chi connectivity index (χ3n) is 5.49. The van der Waals surface area contributed by atoms with E-state index >= 15 is 0 Å². The molecule has 3 aromatic rings. The molecular formula is C25H23N3O4S. The Kier molecular flexibility index (Phi) is 6.65. The monoisotopic (exact) mass is 461 g/mol. The molecule has 1 aliphatic heterocycles. The molecule has 1 N–H and O–H groups in total.